The Morgan fingerprint density at radius 1 is 0.652 bits per heavy atom. The summed E-state index contributed by atoms with van der Waals surface area (Å²) in [7, 11) is 2.02. The molecule has 3 heterocycles. The topological polar surface area (TPSA) is 31.8 Å². The third kappa shape index (κ3) is 5.14. The molecule has 0 aliphatic carbocycles. The second-order valence-corrected chi connectivity index (χ2v) is 18.9. The van der Waals surface area contributed by atoms with Crippen molar-refractivity contribution in [3.05, 3.63) is 171 Å². The quantitative estimate of drug-likeness (QED) is 0.152. The van der Waals surface area contributed by atoms with Gasteiger partial charge in [0, 0.05) is 21.1 Å². The Hall–Kier alpha value is -4.58. The number of pyridine rings is 1. The molecule has 0 fully saturated rings. The maximum Gasteiger partial charge on any atom is 0 e. The Balaban J connectivity index is 0.00000338. The second kappa shape index (κ2) is 12.7. The van der Waals surface area contributed by atoms with E-state index in [2.05, 4.69) is 136 Å². The van der Waals surface area contributed by atoms with Gasteiger partial charge in [-0.3, -0.25) is 0 Å². The van der Waals surface area contributed by atoms with Crippen LogP contribution in [0.1, 0.15) is 0 Å². The van der Waals surface area contributed by atoms with Gasteiger partial charge in [0.1, 0.15) is 0 Å². The minimum absolute atomic E-state index is 0. The first-order valence-corrected chi connectivity index (χ1v) is 19.1. The summed E-state index contributed by atoms with van der Waals surface area (Å²) >= 11 is -3.57. The maximum atomic E-state index is 6.30. The summed E-state index contributed by atoms with van der Waals surface area (Å²) in [6.07, 6.45) is 5.82. The maximum absolute atomic E-state index is 6.30. The van der Waals surface area contributed by atoms with Crippen LogP contribution in [-0.2, 0) is 21.1 Å². The van der Waals surface area contributed by atoms with E-state index in [4.69, 9.17) is 4.74 Å². The zero-order valence-corrected chi connectivity index (χ0v) is 29.4. The van der Waals surface area contributed by atoms with Crippen molar-refractivity contribution in [2.75, 3.05) is 16.8 Å². The minimum Gasteiger partial charge on any atom is 0 e. The van der Waals surface area contributed by atoms with Gasteiger partial charge in [0.15, 0.2) is 0 Å². The predicted octanol–water partition coefficient (Wildman–Crippen LogP) is 5.97. The second-order valence-electron chi connectivity index (χ2n) is 11.1. The SMILES string of the molecule is CN1C=CN(c2[c-]c(N3c4[c-]c(Oc5ccccn5)cc[c]4[Ge]([c]4ccccc4)([c]4ccccc4)[c]4ccccc43)ccc2)[CH-]1.[Pt]. The molecule has 0 saturated heterocycles. The third-order valence-corrected chi connectivity index (χ3v) is 18.5. The summed E-state index contributed by atoms with van der Waals surface area (Å²) in [6, 6.07) is 54.7. The van der Waals surface area contributed by atoms with Crippen molar-refractivity contribution in [3.63, 3.8) is 0 Å². The van der Waals surface area contributed by atoms with Gasteiger partial charge in [-0.05, 0) is 0 Å². The zero-order valence-electron chi connectivity index (χ0n) is 25.0. The molecule has 2 aliphatic rings. The van der Waals surface area contributed by atoms with E-state index in [1.165, 1.54) is 17.6 Å². The number of fused-ring (bicyclic) bond motifs is 2. The molecule has 2 aliphatic heterocycles. The van der Waals surface area contributed by atoms with E-state index in [0.29, 0.717) is 11.6 Å². The summed E-state index contributed by atoms with van der Waals surface area (Å²) in [6.45, 7) is 2.05. The zero-order chi connectivity index (χ0) is 30.2. The molecular weight excluding hydrogens is 808 g/mol. The molecule has 46 heavy (non-hydrogen) atoms. The van der Waals surface area contributed by atoms with Crippen LogP contribution in [0.3, 0.4) is 0 Å². The predicted molar refractivity (Wildman–Crippen MR) is 184 cm³/mol. The molecule has 1 aromatic heterocycles. The van der Waals surface area contributed by atoms with Gasteiger partial charge in [-0.15, -0.1) is 0 Å². The largest absolute Gasteiger partial charge is 0 e. The Labute approximate surface area is 287 Å². The molecule has 0 radical (unpaired) electrons. The number of hydrogen-bond acceptors (Lipinski definition) is 5. The summed E-state index contributed by atoms with van der Waals surface area (Å²) in [5.41, 5.74) is 4.00. The van der Waals surface area contributed by atoms with E-state index in [0.717, 1.165) is 22.7 Å². The van der Waals surface area contributed by atoms with Crippen LogP contribution in [0.5, 0.6) is 11.6 Å². The van der Waals surface area contributed by atoms with Gasteiger partial charge in [-0.2, -0.15) is 0 Å². The van der Waals surface area contributed by atoms with Gasteiger partial charge in [-0.25, -0.2) is 0 Å². The number of nitrogens with zero attached hydrogens (tertiary/aromatic N) is 4. The molecule has 228 valence electrons. The molecule has 7 heteroatoms. The van der Waals surface area contributed by atoms with Crippen LogP contribution in [-0.4, -0.2) is 30.2 Å². The van der Waals surface area contributed by atoms with E-state index in [9.17, 15) is 0 Å². The van der Waals surface area contributed by atoms with Crippen LogP contribution in [0.15, 0.2) is 152 Å². The smallest absolute Gasteiger partial charge is 0 e. The molecule has 0 amide bonds. The van der Waals surface area contributed by atoms with Gasteiger partial charge >= 0.3 is 268 Å². The van der Waals surface area contributed by atoms with Crippen LogP contribution < -0.4 is 32.1 Å². The third-order valence-electron chi connectivity index (χ3n) is 8.39. The van der Waals surface area contributed by atoms with Gasteiger partial charge in [0.25, 0.3) is 0 Å². The molecule has 6 aromatic rings. The van der Waals surface area contributed by atoms with Crippen molar-refractivity contribution in [1.29, 1.82) is 0 Å². The van der Waals surface area contributed by atoms with E-state index < -0.39 is 13.3 Å². The fourth-order valence-corrected chi connectivity index (χ4v) is 17.1. The van der Waals surface area contributed by atoms with Crippen LogP contribution in [0.25, 0.3) is 0 Å². The van der Waals surface area contributed by atoms with Gasteiger partial charge in [0.05, 0.1) is 0 Å². The summed E-state index contributed by atoms with van der Waals surface area (Å²) in [5.74, 6) is 1.15. The molecule has 0 unspecified atom stereocenters. The van der Waals surface area contributed by atoms with E-state index >= 15 is 0 Å². The van der Waals surface area contributed by atoms with Gasteiger partial charge in [-0.1, -0.05) is 0 Å². The number of benzene rings is 5. The first-order chi connectivity index (χ1) is 22.2. The number of rotatable bonds is 6. The van der Waals surface area contributed by atoms with E-state index in [1.54, 1.807) is 6.20 Å². The first-order valence-electron chi connectivity index (χ1n) is 14.9. The summed E-state index contributed by atoms with van der Waals surface area (Å²) in [5, 5.41) is 0. The molecule has 0 N–H and O–H groups in total. The fourth-order valence-electron chi connectivity index (χ4n) is 6.51. The summed E-state index contributed by atoms with van der Waals surface area (Å²) < 4.78 is 11.7. The van der Waals surface area contributed by atoms with Crippen LogP contribution in [0.2, 0.25) is 0 Å². The molecular formula is C39H29GeN4OPt-3. The van der Waals surface area contributed by atoms with Crippen molar-refractivity contribution in [2.45, 2.75) is 0 Å². The van der Waals surface area contributed by atoms with Crippen LogP contribution in [0.4, 0.5) is 22.7 Å². The molecule has 0 spiro atoms. The van der Waals surface area contributed by atoms with Gasteiger partial charge in [0.2, 0.25) is 0 Å². The van der Waals surface area contributed by atoms with Gasteiger partial charge < -0.3 is 0 Å². The number of ether oxygens (including phenoxy) is 1. The fraction of sp³-hybridized carbons (Fsp3) is 0.0256. The molecule has 0 saturated carbocycles. The standard InChI is InChI=1S/C39H29GeN4O.Pt/c1-42-25-26-43(29-42)32-17-12-18-33(27-32)44-37-20-9-8-19-35(37)40(30-13-4-2-5-14-30,31-15-6-3-7-16-31)36-23-22-34(28-38(36)44)45-39-21-10-11-24-41-39;/h2-26,29H,1H3;/q-3;. The Bertz CT molecular complexity index is 1970. The van der Waals surface area contributed by atoms with Crippen LogP contribution >= 0.6 is 0 Å². The number of anilines is 4. The average Bonchev–Trinajstić information content (AvgIpc) is 3.54. The van der Waals surface area contributed by atoms with Crippen molar-refractivity contribution >= 4 is 53.6 Å². The molecule has 5 nitrogen and oxygen atoms in total. The molecule has 0 atom stereocenters. The van der Waals surface area contributed by atoms with E-state index in [-0.39, 0.29) is 21.1 Å². The van der Waals surface area contributed by atoms with Crippen molar-refractivity contribution in [2.24, 2.45) is 0 Å². The Morgan fingerprint density at radius 2 is 1.35 bits per heavy atom. The van der Waals surface area contributed by atoms with Crippen molar-refractivity contribution in [1.82, 2.24) is 9.88 Å². The Kier molecular flexibility index (Phi) is 8.29. The normalized spacial score (nSPS) is 14.3. The average molecular weight is 837 g/mol. The number of para-hydroxylation sites is 1. The number of aromatic nitrogens is 1. The first kappa shape index (κ1) is 30.1. The van der Waals surface area contributed by atoms with Crippen molar-refractivity contribution in [3.8, 4) is 11.6 Å². The monoisotopic (exact) mass is 838 g/mol. The number of hydrogen-bond donors (Lipinski definition) is 0. The van der Waals surface area contributed by atoms with Crippen molar-refractivity contribution < 1.29 is 25.8 Å². The molecule has 8 rings (SSSR count). The molecule has 0 bridgehead atoms. The minimum atomic E-state index is -3.57. The van der Waals surface area contributed by atoms with E-state index in [1.807, 2.05) is 55.3 Å². The molecule has 5 aromatic carbocycles. The van der Waals surface area contributed by atoms with Crippen LogP contribution in [0, 0.1) is 18.8 Å². The summed E-state index contributed by atoms with van der Waals surface area (Å²) in [4.78, 5) is 10.8. The Morgan fingerprint density at radius 3 is 2.04 bits per heavy atom.